The van der Waals surface area contributed by atoms with Crippen molar-refractivity contribution < 1.29 is 19.1 Å². The van der Waals surface area contributed by atoms with E-state index in [1.165, 1.54) is 0 Å². The molecule has 0 radical (unpaired) electrons. The first-order valence-electron chi connectivity index (χ1n) is 8.28. The van der Waals surface area contributed by atoms with Gasteiger partial charge in [-0.2, -0.15) is 0 Å². The first-order valence-corrected chi connectivity index (χ1v) is 8.28. The van der Waals surface area contributed by atoms with Gasteiger partial charge in [0.2, 0.25) is 11.8 Å². The second-order valence-corrected chi connectivity index (χ2v) is 6.52. The molecule has 1 rings (SSSR count). The summed E-state index contributed by atoms with van der Waals surface area (Å²) in [6.07, 6.45) is 3.78. The van der Waals surface area contributed by atoms with Gasteiger partial charge in [-0.1, -0.05) is 13.8 Å². The molecule has 0 aromatic carbocycles. The van der Waals surface area contributed by atoms with E-state index < -0.39 is 11.6 Å². The Morgan fingerprint density at radius 2 is 2.00 bits per heavy atom. The zero-order valence-corrected chi connectivity index (χ0v) is 14.1. The van der Waals surface area contributed by atoms with Crippen molar-refractivity contribution in [1.29, 1.82) is 0 Å². The summed E-state index contributed by atoms with van der Waals surface area (Å²) in [4.78, 5) is 34.4. The summed E-state index contributed by atoms with van der Waals surface area (Å²) in [5, 5.41) is 5.59. The van der Waals surface area contributed by atoms with Gasteiger partial charge < -0.3 is 25.9 Å². The molecule has 0 spiro atoms. The standard InChI is InChI=1S/C16H29N3O4/c1-12(2)11-13(19-15(22)16(17)5-6-16)14(21)18-7-3-9-23-10-4-8-20/h8,12-13H,3-7,9-11,17H2,1-2H3,(H,18,21)(H,19,22). The van der Waals surface area contributed by atoms with Gasteiger partial charge in [-0.15, -0.1) is 0 Å². The van der Waals surface area contributed by atoms with Gasteiger partial charge in [-0.25, -0.2) is 0 Å². The molecule has 1 unspecified atom stereocenters. The average molecular weight is 327 g/mol. The van der Waals surface area contributed by atoms with Crippen molar-refractivity contribution in [2.24, 2.45) is 11.7 Å². The molecule has 0 saturated heterocycles. The van der Waals surface area contributed by atoms with Crippen molar-refractivity contribution in [2.45, 2.75) is 57.5 Å². The third-order valence-corrected chi connectivity index (χ3v) is 3.71. The molecular weight excluding hydrogens is 298 g/mol. The molecule has 1 aliphatic carbocycles. The van der Waals surface area contributed by atoms with Crippen LogP contribution in [0, 0.1) is 5.92 Å². The molecule has 2 amide bonds. The molecule has 7 nitrogen and oxygen atoms in total. The molecule has 23 heavy (non-hydrogen) atoms. The van der Waals surface area contributed by atoms with Gasteiger partial charge in [0.1, 0.15) is 12.3 Å². The lowest BCUT2D eigenvalue weighted by atomic mass is 10.0. The van der Waals surface area contributed by atoms with Crippen molar-refractivity contribution in [3.8, 4) is 0 Å². The third-order valence-electron chi connectivity index (χ3n) is 3.71. The van der Waals surface area contributed by atoms with Crippen molar-refractivity contribution in [2.75, 3.05) is 19.8 Å². The normalized spacial score (nSPS) is 16.7. The van der Waals surface area contributed by atoms with E-state index in [2.05, 4.69) is 10.6 Å². The highest BCUT2D eigenvalue weighted by Crippen LogP contribution is 2.32. The molecule has 0 bridgehead atoms. The Kier molecular flexibility index (Phi) is 8.19. The van der Waals surface area contributed by atoms with Gasteiger partial charge in [-0.3, -0.25) is 9.59 Å². The lowest BCUT2D eigenvalue weighted by Crippen LogP contribution is -2.53. The largest absolute Gasteiger partial charge is 0.381 e. The quantitative estimate of drug-likeness (QED) is 0.348. The second kappa shape index (κ2) is 9.62. The molecule has 7 heteroatoms. The van der Waals surface area contributed by atoms with Crippen LogP contribution in [0.5, 0.6) is 0 Å². The van der Waals surface area contributed by atoms with E-state index in [0.717, 1.165) is 6.29 Å². The highest BCUT2D eigenvalue weighted by molar-refractivity contribution is 5.93. The van der Waals surface area contributed by atoms with Crippen LogP contribution in [-0.4, -0.2) is 49.4 Å². The Hall–Kier alpha value is -1.47. The second-order valence-electron chi connectivity index (χ2n) is 6.52. The summed E-state index contributed by atoms with van der Waals surface area (Å²) in [5.41, 5.74) is 5.09. The monoisotopic (exact) mass is 327 g/mol. The number of carbonyl (C=O) groups excluding carboxylic acids is 3. The summed E-state index contributed by atoms with van der Waals surface area (Å²) >= 11 is 0. The van der Waals surface area contributed by atoms with Crippen molar-refractivity contribution >= 4 is 18.1 Å². The number of ether oxygens (including phenoxy) is 1. The van der Waals surface area contributed by atoms with Crippen LogP contribution in [-0.2, 0) is 19.1 Å². The summed E-state index contributed by atoms with van der Waals surface area (Å²) < 4.78 is 5.23. The number of carbonyl (C=O) groups is 3. The number of amides is 2. The maximum absolute atomic E-state index is 12.2. The number of hydrogen-bond donors (Lipinski definition) is 3. The maximum Gasteiger partial charge on any atom is 0.242 e. The summed E-state index contributed by atoms with van der Waals surface area (Å²) in [6, 6.07) is -0.556. The van der Waals surface area contributed by atoms with Gasteiger partial charge in [0.05, 0.1) is 12.1 Å². The lowest BCUT2D eigenvalue weighted by molar-refractivity contribution is -0.130. The minimum absolute atomic E-state index is 0.191. The molecule has 1 aliphatic rings. The minimum Gasteiger partial charge on any atom is -0.381 e. The first-order chi connectivity index (χ1) is 10.9. The summed E-state index contributed by atoms with van der Waals surface area (Å²) in [6.45, 7) is 5.37. The fourth-order valence-corrected chi connectivity index (χ4v) is 2.11. The molecule has 0 aromatic rings. The van der Waals surface area contributed by atoms with Crippen LogP contribution < -0.4 is 16.4 Å². The van der Waals surface area contributed by atoms with Crippen LogP contribution in [0.3, 0.4) is 0 Å². The molecule has 1 saturated carbocycles. The fourth-order valence-electron chi connectivity index (χ4n) is 2.11. The zero-order chi connectivity index (χ0) is 17.3. The molecule has 132 valence electrons. The topological polar surface area (TPSA) is 111 Å². The Morgan fingerprint density at radius 1 is 1.30 bits per heavy atom. The van der Waals surface area contributed by atoms with E-state index in [4.69, 9.17) is 10.5 Å². The number of nitrogens with one attached hydrogen (secondary N) is 2. The van der Waals surface area contributed by atoms with E-state index in [9.17, 15) is 14.4 Å². The van der Waals surface area contributed by atoms with Crippen molar-refractivity contribution in [1.82, 2.24) is 10.6 Å². The highest BCUT2D eigenvalue weighted by Gasteiger charge is 2.46. The minimum atomic E-state index is -0.776. The molecule has 0 aliphatic heterocycles. The fraction of sp³-hybridized carbons (Fsp3) is 0.812. The van der Waals surface area contributed by atoms with Crippen LogP contribution in [0.1, 0.15) is 46.0 Å². The average Bonchev–Trinajstić information content (AvgIpc) is 3.24. The predicted molar refractivity (Wildman–Crippen MR) is 86.7 cm³/mol. The van der Waals surface area contributed by atoms with Crippen LogP contribution in [0.4, 0.5) is 0 Å². The number of aldehydes is 1. The van der Waals surface area contributed by atoms with Crippen LogP contribution in [0.25, 0.3) is 0 Å². The van der Waals surface area contributed by atoms with E-state index in [0.29, 0.717) is 51.9 Å². The van der Waals surface area contributed by atoms with Gasteiger partial charge in [-0.05, 0) is 31.6 Å². The number of nitrogens with two attached hydrogens (primary N) is 1. The van der Waals surface area contributed by atoms with Gasteiger partial charge >= 0.3 is 0 Å². The SMILES string of the molecule is CC(C)CC(NC(=O)C1(N)CC1)C(=O)NCCCOCCC=O. The molecule has 1 atom stereocenters. The van der Waals surface area contributed by atoms with E-state index in [1.807, 2.05) is 13.8 Å². The molecular formula is C16H29N3O4. The van der Waals surface area contributed by atoms with Crippen molar-refractivity contribution in [3.05, 3.63) is 0 Å². The highest BCUT2D eigenvalue weighted by atomic mass is 16.5. The lowest BCUT2D eigenvalue weighted by Gasteiger charge is -2.22. The Labute approximate surface area is 137 Å². The predicted octanol–water partition coefficient (Wildman–Crippen LogP) is 0.121. The zero-order valence-electron chi connectivity index (χ0n) is 14.1. The van der Waals surface area contributed by atoms with Gasteiger partial charge in [0, 0.05) is 19.6 Å². The first kappa shape index (κ1) is 19.6. The van der Waals surface area contributed by atoms with E-state index in [-0.39, 0.29) is 17.7 Å². The Balaban J connectivity index is 2.31. The van der Waals surface area contributed by atoms with Crippen molar-refractivity contribution in [3.63, 3.8) is 0 Å². The number of hydrogen-bond acceptors (Lipinski definition) is 5. The summed E-state index contributed by atoms with van der Waals surface area (Å²) in [5.74, 6) is -0.148. The van der Waals surface area contributed by atoms with E-state index >= 15 is 0 Å². The van der Waals surface area contributed by atoms with Gasteiger partial charge in [0.25, 0.3) is 0 Å². The molecule has 1 fully saturated rings. The molecule has 0 heterocycles. The van der Waals surface area contributed by atoms with Crippen LogP contribution in [0.15, 0.2) is 0 Å². The van der Waals surface area contributed by atoms with Gasteiger partial charge in [0.15, 0.2) is 0 Å². The Morgan fingerprint density at radius 3 is 2.57 bits per heavy atom. The number of rotatable bonds is 12. The van der Waals surface area contributed by atoms with E-state index in [1.54, 1.807) is 0 Å². The molecule has 0 aromatic heterocycles. The van der Waals surface area contributed by atoms with Crippen LogP contribution >= 0.6 is 0 Å². The summed E-state index contributed by atoms with van der Waals surface area (Å²) in [7, 11) is 0. The maximum atomic E-state index is 12.2. The molecule has 4 N–H and O–H groups in total. The third kappa shape index (κ3) is 7.56. The Bertz CT molecular complexity index is 408. The smallest absolute Gasteiger partial charge is 0.242 e. The van der Waals surface area contributed by atoms with Crippen LogP contribution in [0.2, 0.25) is 0 Å².